The molecule has 0 atom stereocenters. The van der Waals surface area contributed by atoms with Gasteiger partial charge in [0.15, 0.2) is 0 Å². The molecule has 5 heteroatoms. The average Bonchev–Trinajstić information content (AvgIpc) is 2.31. The standard InChI is InChI=1S/C12H14BrN3O/c13-8-1-2-10-9(7-8)11(17)16-12(15-10)3-5-14-6-4-12/h1-2,7,14-15H,3-6H2,(H,16,17). The third-order valence-corrected chi connectivity index (χ3v) is 3.90. The van der Waals surface area contributed by atoms with Crippen LogP contribution < -0.4 is 16.0 Å². The van der Waals surface area contributed by atoms with Gasteiger partial charge in [0.1, 0.15) is 5.66 Å². The first-order valence-corrected chi connectivity index (χ1v) is 6.59. The zero-order valence-electron chi connectivity index (χ0n) is 9.35. The molecular formula is C12H14BrN3O. The van der Waals surface area contributed by atoms with Gasteiger partial charge in [-0.3, -0.25) is 4.79 Å². The second-order valence-electron chi connectivity index (χ2n) is 4.60. The van der Waals surface area contributed by atoms with Gasteiger partial charge in [0.05, 0.1) is 5.56 Å². The number of carbonyl (C=O) groups is 1. The molecule has 1 aromatic carbocycles. The number of halogens is 1. The lowest BCUT2D eigenvalue weighted by atomic mass is 9.93. The lowest BCUT2D eigenvalue weighted by molar-refractivity contribution is 0.0881. The van der Waals surface area contributed by atoms with E-state index in [1.165, 1.54) is 0 Å². The zero-order valence-corrected chi connectivity index (χ0v) is 10.9. The summed E-state index contributed by atoms with van der Waals surface area (Å²) in [5.41, 5.74) is 1.38. The van der Waals surface area contributed by atoms with E-state index in [0.29, 0.717) is 5.56 Å². The third-order valence-electron chi connectivity index (χ3n) is 3.41. The normalized spacial score (nSPS) is 21.6. The number of nitrogens with one attached hydrogen (secondary N) is 3. The minimum Gasteiger partial charge on any atom is -0.362 e. The molecule has 0 aliphatic carbocycles. The van der Waals surface area contributed by atoms with Crippen LogP contribution in [-0.4, -0.2) is 24.7 Å². The molecule has 1 fully saturated rings. The van der Waals surface area contributed by atoms with Crippen LogP contribution in [0.1, 0.15) is 23.2 Å². The first kappa shape index (κ1) is 11.0. The Labute approximate surface area is 108 Å². The lowest BCUT2D eigenvalue weighted by Gasteiger charge is -2.43. The van der Waals surface area contributed by atoms with Gasteiger partial charge in [-0.25, -0.2) is 0 Å². The molecule has 90 valence electrons. The SMILES string of the molecule is O=C1NC2(CCNCC2)Nc2ccc(Br)cc21. The van der Waals surface area contributed by atoms with Crippen LogP contribution in [0.2, 0.25) is 0 Å². The molecule has 17 heavy (non-hydrogen) atoms. The van der Waals surface area contributed by atoms with Gasteiger partial charge in [0.2, 0.25) is 0 Å². The van der Waals surface area contributed by atoms with E-state index >= 15 is 0 Å². The van der Waals surface area contributed by atoms with Crippen molar-refractivity contribution in [2.75, 3.05) is 18.4 Å². The highest BCUT2D eigenvalue weighted by Gasteiger charge is 2.38. The Balaban J connectivity index is 1.97. The second kappa shape index (κ2) is 3.99. The molecule has 3 rings (SSSR count). The van der Waals surface area contributed by atoms with E-state index in [2.05, 4.69) is 31.9 Å². The fraction of sp³-hybridized carbons (Fsp3) is 0.417. The molecule has 2 aliphatic heterocycles. The molecule has 2 heterocycles. The topological polar surface area (TPSA) is 53.2 Å². The second-order valence-corrected chi connectivity index (χ2v) is 5.52. The van der Waals surface area contributed by atoms with E-state index in [9.17, 15) is 4.79 Å². The first-order valence-electron chi connectivity index (χ1n) is 5.80. The third kappa shape index (κ3) is 1.93. The van der Waals surface area contributed by atoms with E-state index in [0.717, 1.165) is 36.1 Å². The van der Waals surface area contributed by atoms with Crippen molar-refractivity contribution >= 4 is 27.5 Å². The van der Waals surface area contributed by atoms with Gasteiger partial charge in [-0.05, 0) is 31.3 Å². The van der Waals surface area contributed by atoms with Crippen LogP contribution in [-0.2, 0) is 0 Å². The molecule has 1 aromatic rings. The number of fused-ring (bicyclic) bond motifs is 1. The minimum absolute atomic E-state index is 0.0157. The highest BCUT2D eigenvalue weighted by molar-refractivity contribution is 9.10. The molecule has 1 spiro atoms. The van der Waals surface area contributed by atoms with Crippen molar-refractivity contribution in [2.24, 2.45) is 0 Å². The quantitative estimate of drug-likeness (QED) is 0.683. The highest BCUT2D eigenvalue weighted by atomic mass is 79.9. The Morgan fingerprint density at radius 1 is 1.18 bits per heavy atom. The summed E-state index contributed by atoms with van der Waals surface area (Å²) in [5.74, 6) is 0.0157. The molecule has 0 aromatic heterocycles. The van der Waals surface area contributed by atoms with Gasteiger partial charge in [-0.1, -0.05) is 15.9 Å². The number of benzene rings is 1. The molecule has 3 N–H and O–H groups in total. The number of piperidine rings is 1. The Hall–Kier alpha value is -1.07. The van der Waals surface area contributed by atoms with E-state index in [-0.39, 0.29) is 11.6 Å². The number of carbonyl (C=O) groups excluding carboxylic acids is 1. The molecule has 0 bridgehead atoms. The van der Waals surface area contributed by atoms with Crippen molar-refractivity contribution in [1.29, 1.82) is 0 Å². The summed E-state index contributed by atoms with van der Waals surface area (Å²) in [7, 11) is 0. The fourth-order valence-electron chi connectivity index (χ4n) is 2.49. The summed E-state index contributed by atoms with van der Waals surface area (Å²) in [5, 5.41) is 9.89. The van der Waals surface area contributed by atoms with Gasteiger partial charge in [-0.2, -0.15) is 0 Å². The maximum atomic E-state index is 12.1. The summed E-state index contributed by atoms with van der Waals surface area (Å²) in [6.45, 7) is 1.86. The monoisotopic (exact) mass is 295 g/mol. The molecule has 1 saturated heterocycles. The van der Waals surface area contributed by atoms with Crippen LogP contribution >= 0.6 is 15.9 Å². The predicted molar refractivity (Wildman–Crippen MR) is 70.1 cm³/mol. The van der Waals surface area contributed by atoms with Gasteiger partial charge in [-0.15, -0.1) is 0 Å². The van der Waals surface area contributed by atoms with Crippen LogP contribution in [0.5, 0.6) is 0 Å². The molecule has 0 unspecified atom stereocenters. The van der Waals surface area contributed by atoms with E-state index in [4.69, 9.17) is 0 Å². The number of anilines is 1. The molecule has 0 saturated carbocycles. The minimum atomic E-state index is -0.261. The smallest absolute Gasteiger partial charge is 0.255 e. The Morgan fingerprint density at radius 3 is 2.71 bits per heavy atom. The van der Waals surface area contributed by atoms with Gasteiger partial charge >= 0.3 is 0 Å². The van der Waals surface area contributed by atoms with Crippen LogP contribution in [0.15, 0.2) is 22.7 Å². The van der Waals surface area contributed by atoms with E-state index in [1.54, 1.807) is 0 Å². The molecule has 4 nitrogen and oxygen atoms in total. The van der Waals surface area contributed by atoms with Gasteiger partial charge in [0.25, 0.3) is 5.91 Å². The Kier molecular flexibility index (Phi) is 2.60. The van der Waals surface area contributed by atoms with Crippen LogP contribution in [0.25, 0.3) is 0 Å². The van der Waals surface area contributed by atoms with Crippen LogP contribution in [0, 0.1) is 0 Å². The zero-order chi connectivity index (χ0) is 11.9. The number of hydrogen-bond acceptors (Lipinski definition) is 3. The fourth-order valence-corrected chi connectivity index (χ4v) is 2.85. The van der Waals surface area contributed by atoms with Crippen LogP contribution in [0.3, 0.4) is 0 Å². The maximum absolute atomic E-state index is 12.1. The lowest BCUT2D eigenvalue weighted by Crippen LogP contribution is -2.61. The first-order chi connectivity index (χ1) is 8.19. The van der Waals surface area contributed by atoms with Crippen molar-refractivity contribution in [3.63, 3.8) is 0 Å². The average molecular weight is 296 g/mol. The Morgan fingerprint density at radius 2 is 1.94 bits per heavy atom. The van der Waals surface area contributed by atoms with Crippen molar-refractivity contribution in [3.8, 4) is 0 Å². The van der Waals surface area contributed by atoms with Crippen molar-refractivity contribution < 1.29 is 4.79 Å². The van der Waals surface area contributed by atoms with Gasteiger partial charge in [0, 0.05) is 23.0 Å². The largest absolute Gasteiger partial charge is 0.362 e. The van der Waals surface area contributed by atoms with Crippen LogP contribution in [0.4, 0.5) is 5.69 Å². The summed E-state index contributed by atoms with van der Waals surface area (Å²) in [6, 6.07) is 5.77. The molecule has 1 amide bonds. The number of hydrogen-bond donors (Lipinski definition) is 3. The van der Waals surface area contributed by atoms with Crippen molar-refractivity contribution in [2.45, 2.75) is 18.5 Å². The number of rotatable bonds is 0. The van der Waals surface area contributed by atoms with Crippen molar-refractivity contribution in [3.05, 3.63) is 28.2 Å². The summed E-state index contributed by atoms with van der Waals surface area (Å²) in [4.78, 5) is 12.1. The molecular weight excluding hydrogens is 282 g/mol. The summed E-state index contributed by atoms with van der Waals surface area (Å²) < 4.78 is 0.925. The molecule has 0 radical (unpaired) electrons. The van der Waals surface area contributed by atoms with E-state index in [1.807, 2.05) is 18.2 Å². The Bertz CT molecular complexity index is 469. The van der Waals surface area contributed by atoms with Gasteiger partial charge < -0.3 is 16.0 Å². The maximum Gasteiger partial charge on any atom is 0.255 e. The molecule has 2 aliphatic rings. The summed E-state index contributed by atoms with van der Waals surface area (Å²) >= 11 is 3.39. The predicted octanol–water partition coefficient (Wildman–Crippen LogP) is 1.68. The summed E-state index contributed by atoms with van der Waals surface area (Å²) in [6.07, 6.45) is 1.82. The highest BCUT2D eigenvalue weighted by Crippen LogP contribution is 2.31. The van der Waals surface area contributed by atoms with Crippen molar-refractivity contribution in [1.82, 2.24) is 10.6 Å². The number of amides is 1. The van der Waals surface area contributed by atoms with E-state index < -0.39 is 0 Å².